The lowest BCUT2D eigenvalue weighted by molar-refractivity contribution is -0.116. The van der Waals surface area contributed by atoms with Crippen molar-refractivity contribution >= 4 is 11.6 Å². The number of hydrogen-bond donors (Lipinski definition) is 2. The van der Waals surface area contributed by atoms with Crippen LogP contribution in [0.1, 0.15) is 25.8 Å². The van der Waals surface area contributed by atoms with Crippen LogP contribution in [0.3, 0.4) is 0 Å². The summed E-state index contributed by atoms with van der Waals surface area (Å²) in [6.07, 6.45) is 0.689. The monoisotopic (exact) mass is 294 g/mol. The van der Waals surface area contributed by atoms with Gasteiger partial charge < -0.3 is 20.1 Å². The van der Waals surface area contributed by atoms with Crippen molar-refractivity contribution in [1.29, 1.82) is 0 Å². The second kappa shape index (κ2) is 10.3. The van der Waals surface area contributed by atoms with Crippen molar-refractivity contribution in [3.8, 4) is 0 Å². The number of nitrogens with one attached hydrogen (secondary N) is 2. The molecule has 0 heterocycles. The van der Waals surface area contributed by atoms with E-state index in [0.717, 1.165) is 11.3 Å². The summed E-state index contributed by atoms with van der Waals surface area (Å²) in [6, 6.07) is 7.70. The van der Waals surface area contributed by atoms with Crippen LogP contribution in [0, 0.1) is 0 Å². The number of benzene rings is 1. The number of rotatable bonds is 10. The maximum Gasteiger partial charge on any atom is 0.225 e. The molecule has 0 aliphatic carbocycles. The zero-order valence-corrected chi connectivity index (χ0v) is 13.1. The van der Waals surface area contributed by atoms with E-state index >= 15 is 0 Å². The third-order valence-electron chi connectivity index (χ3n) is 2.76. The number of carbonyl (C=O) groups excluding carboxylic acids is 1. The van der Waals surface area contributed by atoms with Gasteiger partial charge in [0.25, 0.3) is 0 Å². The Morgan fingerprint density at radius 1 is 1.29 bits per heavy atom. The van der Waals surface area contributed by atoms with Gasteiger partial charge in [0.2, 0.25) is 5.91 Å². The van der Waals surface area contributed by atoms with E-state index in [9.17, 15) is 4.79 Å². The highest BCUT2D eigenvalue weighted by molar-refractivity contribution is 5.90. The van der Waals surface area contributed by atoms with E-state index in [2.05, 4.69) is 10.6 Å². The van der Waals surface area contributed by atoms with Gasteiger partial charge in [-0.2, -0.15) is 0 Å². The van der Waals surface area contributed by atoms with Gasteiger partial charge in [-0.15, -0.1) is 0 Å². The third kappa shape index (κ3) is 8.45. The molecule has 1 aromatic rings. The molecule has 5 nitrogen and oxygen atoms in total. The van der Waals surface area contributed by atoms with Crippen molar-refractivity contribution in [2.45, 2.75) is 33.0 Å². The van der Waals surface area contributed by atoms with Crippen LogP contribution in [0.2, 0.25) is 0 Å². The van der Waals surface area contributed by atoms with Crippen molar-refractivity contribution < 1.29 is 14.3 Å². The van der Waals surface area contributed by atoms with Gasteiger partial charge in [0.1, 0.15) is 0 Å². The summed E-state index contributed by atoms with van der Waals surface area (Å²) < 4.78 is 11.0. The van der Waals surface area contributed by atoms with E-state index in [1.807, 2.05) is 45.2 Å². The van der Waals surface area contributed by atoms with Gasteiger partial charge in [-0.1, -0.05) is 12.1 Å². The van der Waals surface area contributed by atoms with Crippen LogP contribution in [-0.2, 0) is 20.9 Å². The van der Waals surface area contributed by atoms with Crippen LogP contribution in [0.25, 0.3) is 0 Å². The van der Waals surface area contributed by atoms with Crippen LogP contribution < -0.4 is 10.6 Å². The first kappa shape index (κ1) is 17.6. The lowest BCUT2D eigenvalue weighted by Gasteiger charge is -2.09. The van der Waals surface area contributed by atoms with Crippen molar-refractivity contribution in [3.63, 3.8) is 0 Å². The molecule has 0 saturated carbocycles. The zero-order valence-electron chi connectivity index (χ0n) is 13.1. The Morgan fingerprint density at radius 2 is 2.10 bits per heavy atom. The van der Waals surface area contributed by atoms with Gasteiger partial charge in [0, 0.05) is 18.7 Å². The molecular formula is C16H26N2O3. The molecular weight excluding hydrogens is 268 g/mol. The maximum absolute atomic E-state index is 11.6. The minimum absolute atomic E-state index is 0.00718. The molecule has 0 saturated heterocycles. The normalized spacial score (nSPS) is 10.9. The van der Waals surface area contributed by atoms with Crippen molar-refractivity contribution in [1.82, 2.24) is 5.32 Å². The Morgan fingerprint density at radius 3 is 2.81 bits per heavy atom. The molecule has 1 aromatic carbocycles. The Kier molecular flexibility index (Phi) is 8.66. The van der Waals surface area contributed by atoms with Gasteiger partial charge >= 0.3 is 0 Å². The number of anilines is 1. The molecule has 0 bridgehead atoms. The topological polar surface area (TPSA) is 59.6 Å². The first-order valence-electron chi connectivity index (χ1n) is 7.34. The largest absolute Gasteiger partial charge is 0.376 e. The molecule has 5 heteroatoms. The van der Waals surface area contributed by atoms with Crippen LogP contribution >= 0.6 is 0 Å². The highest BCUT2D eigenvalue weighted by Gasteiger charge is 2.02. The van der Waals surface area contributed by atoms with E-state index in [0.29, 0.717) is 32.8 Å². The number of carbonyl (C=O) groups is 1. The first-order chi connectivity index (χ1) is 10.1. The number of ether oxygens (including phenoxy) is 2. The summed E-state index contributed by atoms with van der Waals surface area (Å²) in [6.45, 7) is 6.35. The molecule has 1 rings (SSSR count). The Hall–Kier alpha value is -1.43. The molecule has 2 N–H and O–H groups in total. The highest BCUT2D eigenvalue weighted by atomic mass is 16.5. The standard InChI is InChI=1S/C16H26N2O3/c1-13(2)21-10-9-20-12-14-5-4-6-15(11-14)18-16(19)7-8-17-3/h4-6,11,13,17H,7-10,12H2,1-3H3,(H,18,19). The SMILES string of the molecule is CNCCC(=O)Nc1cccc(COCCOC(C)C)c1. The molecule has 0 aliphatic heterocycles. The fourth-order valence-corrected chi connectivity index (χ4v) is 1.73. The van der Waals surface area contributed by atoms with E-state index in [-0.39, 0.29) is 12.0 Å². The van der Waals surface area contributed by atoms with Crippen LogP contribution in [-0.4, -0.2) is 38.8 Å². The summed E-state index contributed by atoms with van der Waals surface area (Å²) in [5.74, 6) is 0.00718. The molecule has 0 aliphatic rings. The van der Waals surface area contributed by atoms with E-state index in [1.54, 1.807) is 0 Å². The lowest BCUT2D eigenvalue weighted by atomic mass is 10.2. The second-order valence-corrected chi connectivity index (χ2v) is 5.07. The predicted octanol–water partition coefficient (Wildman–Crippen LogP) is 2.18. The minimum Gasteiger partial charge on any atom is -0.376 e. The van der Waals surface area contributed by atoms with Crippen molar-refractivity contribution in [3.05, 3.63) is 29.8 Å². The molecule has 0 aromatic heterocycles. The summed E-state index contributed by atoms with van der Waals surface area (Å²) in [5.41, 5.74) is 1.83. The van der Waals surface area contributed by atoms with Crippen LogP contribution in [0.4, 0.5) is 5.69 Å². The molecule has 21 heavy (non-hydrogen) atoms. The fraction of sp³-hybridized carbons (Fsp3) is 0.562. The molecule has 1 amide bonds. The summed E-state index contributed by atoms with van der Waals surface area (Å²) in [4.78, 5) is 11.6. The minimum atomic E-state index is 0.00718. The molecule has 0 unspecified atom stereocenters. The number of hydrogen-bond acceptors (Lipinski definition) is 4. The summed E-state index contributed by atoms with van der Waals surface area (Å²) in [5, 5.41) is 5.83. The highest BCUT2D eigenvalue weighted by Crippen LogP contribution is 2.12. The molecule has 0 fully saturated rings. The smallest absolute Gasteiger partial charge is 0.225 e. The first-order valence-corrected chi connectivity index (χ1v) is 7.34. The van der Waals surface area contributed by atoms with Crippen molar-refractivity contribution in [2.75, 3.05) is 32.1 Å². The quantitative estimate of drug-likeness (QED) is 0.649. The van der Waals surface area contributed by atoms with Crippen molar-refractivity contribution in [2.24, 2.45) is 0 Å². The summed E-state index contributed by atoms with van der Waals surface area (Å²) >= 11 is 0. The fourth-order valence-electron chi connectivity index (χ4n) is 1.73. The Balaban J connectivity index is 2.33. The molecule has 0 spiro atoms. The predicted molar refractivity (Wildman–Crippen MR) is 84.4 cm³/mol. The molecule has 118 valence electrons. The van der Waals surface area contributed by atoms with Gasteiger partial charge in [-0.25, -0.2) is 0 Å². The molecule has 0 atom stereocenters. The van der Waals surface area contributed by atoms with E-state index < -0.39 is 0 Å². The van der Waals surface area contributed by atoms with Gasteiger partial charge in [-0.3, -0.25) is 4.79 Å². The van der Waals surface area contributed by atoms with Gasteiger partial charge in [0.15, 0.2) is 0 Å². The lowest BCUT2D eigenvalue weighted by Crippen LogP contribution is -2.18. The average molecular weight is 294 g/mol. The van der Waals surface area contributed by atoms with E-state index in [1.165, 1.54) is 0 Å². The van der Waals surface area contributed by atoms with Gasteiger partial charge in [0.05, 0.1) is 25.9 Å². The van der Waals surface area contributed by atoms with Gasteiger partial charge in [-0.05, 0) is 38.6 Å². The zero-order chi connectivity index (χ0) is 15.5. The third-order valence-corrected chi connectivity index (χ3v) is 2.76. The summed E-state index contributed by atoms with van der Waals surface area (Å²) in [7, 11) is 1.83. The Bertz CT molecular complexity index is 422. The van der Waals surface area contributed by atoms with Crippen LogP contribution in [0.15, 0.2) is 24.3 Å². The molecule has 0 radical (unpaired) electrons. The number of amides is 1. The Labute approximate surface area is 127 Å². The van der Waals surface area contributed by atoms with Crippen LogP contribution in [0.5, 0.6) is 0 Å². The second-order valence-electron chi connectivity index (χ2n) is 5.07. The average Bonchev–Trinajstić information content (AvgIpc) is 2.45. The maximum atomic E-state index is 11.6. The van der Waals surface area contributed by atoms with E-state index in [4.69, 9.17) is 9.47 Å².